The Balaban J connectivity index is 1.93. The van der Waals surface area contributed by atoms with Gasteiger partial charge in [-0.05, 0) is 30.5 Å². The molecule has 1 aliphatic rings. The average molecular weight is 383 g/mol. The highest BCUT2D eigenvalue weighted by Crippen LogP contribution is 2.24. The summed E-state index contributed by atoms with van der Waals surface area (Å²) in [4.78, 5) is 15.3. The van der Waals surface area contributed by atoms with Crippen molar-refractivity contribution >= 4 is 17.6 Å². The number of hydrogen-bond acceptors (Lipinski definition) is 8. The van der Waals surface area contributed by atoms with Gasteiger partial charge in [0.25, 0.3) is 0 Å². The van der Waals surface area contributed by atoms with Crippen molar-refractivity contribution in [2.24, 2.45) is 5.73 Å². The maximum atomic E-state index is 13.6. The molecule has 3 heterocycles. The molecule has 9 heteroatoms. The van der Waals surface area contributed by atoms with Crippen LogP contribution in [0.15, 0.2) is 60.9 Å². The fourth-order valence-electron chi connectivity index (χ4n) is 2.62. The number of nitrogens with one attached hydrogen (secondary N) is 1. The Bertz CT molecular complexity index is 890. The highest BCUT2D eigenvalue weighted by atomic mass is 19.1. The van der Waals surface area contributed by atoms with Gasteiger partial charge in [0, 0.05) is 36.6 Å². The smallest absolute Gasteiger partial charge is 0.228 e. The molecule has 1 saturated heterocycles. The number of allylic oxidation sites excluding steroid dienone is 3. The molecule has 1 fully saturated rings. The molecule has 0 aliphatic carbocycles. The molecule has 0 amide bonds. The van der Waals surface area contributed by atoms with Gasteiger partial charge in [0.2, 0.25) is 5.95 Å². The number of aromatic nitrogens is 3. The number of ether oxygens (including phenoxy) is 1. The van der Waals surface area contributed by atoms with E-state index in [0.717, 1.165) is 17.8 Å². The van der Waals surface area contributed by atoms with Crippen molar-refractivity contribution in [3.8, 4) is 11.3 Å². The van der Waals surface area contributed by atoms with E-state index in [0.29, 0.717) is 55.3 Å². The molecule has 28 heavy (non-hydrogen) atoms. The number of rotatable bonds is 6. The normalized spacial score (nSPS) is 15.0. The highest BCUT2D eigenvalue weighted by molar-refractivity contribution is 5.65. The number of morpholine rings is 1. The number of nitrogens with two attached hydrogens (primary N) is 2. The molecule has 3 rings (SSSR count). The molecule has 0 atom stereocenters. The summed E-state index contributed by atoms with van der Waals surface area (Å²) in [5, 5.41) is 2.99. The molecule has 0 unspecified atom stereocenters. The van der Waals surface area contributed by atoms with Crippen LogP contribution in [-0.2, 0) is 4.74 Å². The fourth-order valence-corrected chi connectivity index (χ4v) is 2.62. The Hall–Kier alpha value is -3.46. The Morgan fingerprint density at radius 1 is 1.29 bits per heavy atom. The Morgan fingerprint density at radius 3 is 2.75 bits per heavy atom. The predicted octanol–water partition coefficient (Wildman–Crippen LogP) is 2.21. The molecule has 2 aromatic heterocycles. The summed E-state index contributed by atoms with van der Waals surface area (Å²) in [7, 11) is 0. The van der Waals surface area contributed by atoms with Crippen LogP contribution in [0.3, 0.4) is 0 Å². The van der Waals surface area contributed by atoms with E-state index < -0.39 is 5.83 Å². The van der Waals surface area contributed by atoms with E-state index in [1.807, 2.05) is 11.0 Å². The Labute approximate surface area is 162 Å². The molecule has 1 aliphatic heterocycles. The predicted molar refractivity (Wildman–Crippen MR) is 108 cm³/mol. The number of hydrogen-bond donors (Lipinski definition) is 3. The summed E-state index contributed by atoms with van der Waals surface area (Å²) >= 11 is 0. The molecule has 2 aromatic rings. The van der Waals surface area contributed by atoms with Gasteiger partial charge in [-0.25, -0.2) is 14.4 Å². The Kier molecular flexibility index (Phi) is 6.18. The molecular weight excluding hydrogens is 361 g/mol. The third kappa shape index (κ3) is 5.04. The second kappa shape index (κ2) is 8.96. The lowest BCUT2D eigenvalue weighted by Gasteiger charge is -2.27. The zero-order valence-corrected chi connectivity index (χ0v) is 15.3. The third-order valence-corrected chi connectivity index (χ3v) is 3.95. The monoisotopic (exact) mass is 383 g/mol. The minimum atomic E-state index is -0.523. The van der Waals surface area contributed by atoms with Crippen LogP contribution in [0, 0.1) is 0 Å². The second-order valence-electron chi connectivity index (χ2n) is 6.05. The summed E-state index contributed by atoms with van der Waals surface area (Å²) in [5.41, 5.74) is 12.6. The highest BCUT2D eigenvalue weighted by Gasteiger charge is 2.16. The number of anilines is 3. The van der Waals surface area contributed by atoms with Gasteiger partial charge in [-0.1, -0.05) is 6.58 Å². The summed E-state index contributed by atoms with van der Waals surface area (Å²) in [5.74, 6) is 0.922. The van der Waals surface area contributed by atoms with Crippen molar-refractivity contribution in [3.63, 3.8) is 0 Å². The van der Waals surface area contributed by atoms with Crippen LogP contribution in [0.25, 0.3) is 11.3 Å². The summed E-state index contributed by atoms with van der Waals surface area (Å²) < 4.78 is 19.0. The first-order valence-electron chi connectivity index (χ1n) is 8.70. The Morgan fingerprint density at radius 2 is 2.07 bits per heavy atom. The van der Waals surface area contributed by atoms with Crippen LogP contribution in [0.1, 0.15) is 0 Å². The van der Waals surface area contributed by atoms with E-state index in [1.54, 1.807) is 18.3 Å². The second-order valence-corrected chi connectivity index (χ2v) is 6.05. The van der Waals surface area contributed by atoms with Crippen molar-refractivity contribution in [1.29, 1.82) is 0 Å². The van der Waals surface area contributed by atoms with Gasteiger partial charge in [0.05, 0.1) is 18.9 Å². The van der Waals surface area contributed by atoms with Gasteiger partial charge in [-0.15, -0.1) is 0 Å². The third-order valence-electron chi connectivity index (χ3n) is 3.95. The first kappa shape index (κ1) is 19.3. The van der Waals surface area contributed by atoms with Crippen LogP contribution in [0.4, 0.5) is 22.0 Å². The van der Waals surface area contributed by atoms with Crippen molar-refractivity contribution in [2.75, 3.05) is 42.3 Å². The maximum Gasteiger partial charge on any atom is 0.228 e. The van der Waals surface area contributed by atoms with Crippen molar-refractivity contribution in [3.05, 3.63) is 60.9 Å². The van der Waals surface area contributed by atoms with E-state index >= 15 is 0 Å². The number of pyridine rings is 1. The van der Waals surface area contributed by atoms with E-state index in [1.165, 1.54) is 6.08 Å². The molecule has 0 bridgehead atoms. The molecule has 0 radical (unpaired) electrons. The van der Waals surface area contributed by atoms with E-state index in [2.05, 4.69) is 26.8 Å². The van der Waals surface area contributed by atoms with Gasteiger partial charge in [0.1, 0.15) is 17.5 Å². The van der Waals surface area contributed by atoms with Crippen LogP contribution < -0.4 is 21.7 Å². The first-order valence-corrected chi connectivity index (χ1v) is 8.70. The summed E-state index contributed by atoms with van der Waals surface area (Å²) in [6.45, 7) is 6.37. The van der Waals surface area contributed by atoms with Crippen molar-refractivity contribution < 1.29 is 9.13 Å². The van der Waals surface area contributed by atoms with Crippen molar-refractivity contribution in [2.45, 2.75) is 0 Å². The van der Waals surface area contributed by atoms with Crippen LogP contribution in [0.2, 0.25) is 0 Å². The van der Waals surface area contributed by atoms with E-state index in [-0.39, 0.29) is 0 Å². The average Bonchev–Trinajstić information content (AvgIpc) is 2.69. The molecular formula is C19H22FN7O. The lowest BCUT2D eigenvalue weighted by molar-refractivity contribution is 0.122. The maximum absolute atomic E-state index is 13.6. The topological polar surface area (TPSA) is 115 Å². The zero-order chi connectivity index (χ0) is 19.9. The lowest BCUT2D eigenvalue weighted by Crippen LogP contribution is -2.37. The molecule has 8 nitrogen and oxygen atoms in total. The van der Waals surface area contributed by atoms with E-state index in [9.17, 15) is 4.39 Å². The summed E-state index contributed by atoms with van der Waals surface area (Å²) in [6.07, 6.45) is 5.12. The minimum Gasteiger partial charge on any atom is -0.405 e. The zero-order valence-electron chi connectivity index (χ0n) is 15.3. The first-order chi connectivity index (χ1) is 13.5. The molecule has 146 valence electrons. The number of nitrogen functional groups attached to an aromatic ring is 1. The van der Waals surface area contributed by atoms with Crippen LogP contribution in [-0.4, -0.2) is 41.3 Å². The molecule has 0 aromatic carbocycles. The largest absolute Gasteiger partial charge is 0.405 e. The van der Waals surface area contributed by atoms with Gasteiger partial charge >= 0.3 is 0 Å². The standard InChI is InChI=1S/C19H22FN7O/c1-13(10-15(20)4-5-21)24-18-11-16(14-2-3-17(22)23-12-14)25-19(26-18)27-6-8-28-9-7-27/h2-5,10-12H,1,6-9,21H2,(H2,22,23)(H,24,25,26)/b5-4-,15-10+. The van der Waals surface area contributed by atoms with Gasteiger partial charge in [-0.2, -0.15) is 4.98 Å². The quantitative estimate of drug-likeness (QED) is 0.651. The van der Waals surface area contributed by atoms with E-state index in [4.69, 9.17) is 16.2 Å². The lowest BCUT2D eigenvalue weighted by atomic mass is 10.2. The molecule has 0 spiro atoms. The number of halogens is 1. The summed E-state index contributed by atoms with van der Waals surface area (Å²) in [6, 6.07) is 5.28. The van der Waals surface area contributed by atoms with Crippen LogP contribution >= 0.6 is 0 Å². The van der Waals surface area contributed by atoms with Gasteiger partial charge in [-0.3, -0.25) is 0 Å². The number of nitrogens with zero attached hydrogens (tertiary/aromatic N) is 4. The van der Waals surface area contributed by atoms with Crippen molar-refractivity contribution in [1.82, 2.24) is 15.0 Å². The molecule has 5 N–H and O–H groups in total. The minimum absolute atomic E-state index is 0.323. The SMILES string of the molecule is C=C(/C=C(F)\C=C/N)Nc1cc(-c2ccc(N)nc2)nc(N2CCOCC2)n1. The molecule has 0 saturated carbocycles. The van der Waals surface area contributed by atoms with Crippen LogP contribution in [0.5, 0.6) is 0 Å². The fraction of sp³-hybridized carbons (Fsp3) is 0.211. The van der Waals surface area contributed by atoms with Gasteiger partial charge in [0.15, 0.2) is 0 Å². The van der Waals surface area contributed by atoms with Gasteiger partial charge < -0.3 is 26.4 Å².